The van der Waals surface area contributed by atoms with Crippen molar-refractivity contribution in [1.29, 1.82) is 0 Å². The first-order valence-corrected chi connectivity index (χ1v) is 34.7. The number of fused-ring (bicyclic) bond motifs is 2. The average molecular weight is 1680 g/mol. The summed E-state index contributed by atoms with van der Waals surface area (Å²) in [5.74, 6) is 2.85. The van der Waals surface area contributed by atoms with Crippen LogP contribution in [-0.4, -0.2) is 39.3 Å². The van der Waals surface area contributed by atoms with Crippen LogP contribution in [0.25, 0.3) is 112 Å². The Morgan fingerprint density at radius 1 is 0.340 bits per heavy atom. The number of aromatic hydroxyl groups is 2. The smallest absolute Gasteiger partial charge is 0.148 e. The van der Waals surface area contributed by atoms with Crippen LogP contribution in [-0.2, 0) is 58.4 Å². The van der Waals surface area contributed by atoms with E-state index in [0.717, 1.165) is 95.2 Å². The number of hydrogen-bond acceptors (Lipinski definition) is 6. The summed E-state index contributed by atoms with van der Waals surface area (Å²) >= 11 is 0. The number of aromatic nitrogens is 6. The standard InChI is InChI=1S/C46H44N3O.C44H48N3O.2Pt/c1-29(2)38-27-32(31-16-9-8-10-17-31)28-39(30(3)4)44(38)49-41-21-15-19-36(43(41)48-45(49)37-18-11-12-22-42(37)50)33-24-34(40-20-13-14-23-47-40)26-35(25-33)46(5,6)7;1-27(2)33-15-13-16-34(28(3)4)41(33)47-38-19-14-17-35(40(38)46-42(47)36-26-31(43(5,6)7)20-21-39(36)48)29-23-30(37-18-11-12-22-45-37)25-32(24-29)44(8,9)10;;/h8-23,25-30,50H,1-7H3;11-22,24-28,48H,1-10H3;;/q2*-1;;. The molecule has 4 aromatic heterocycles. The number of pyridine rings is 2. The molecule has 2 N–H and O–H groups in total. The third-order valence-electron chi connectivity index (χ3n) is 18.9. The van der Waals surface area contributed by atoms with Gasteiger partial charge < -0.3 is 10.2 Å². The summed E-state index contributed by atoms with van der Waals surface area (Å²) in [5, 5.41) is 22.8. The summed E-state index contributed by atoms with van der Waals surface area (Å²) in [4.78, 5) is 20.3. The number of phenolic OH excluding ortho intramolecular Hbond substituents is 2. The Morgan fingerprint density at radius 2 is 0.730 bits per heavy atom. The summed E-state index contributed by atoms with van der Waals surface area (Å²) in [7, 11) is 0. The third kappa shape index (κ3) is 15.0. The van der Waals surface area contributed by atoms with Crippen LogP contribution in [0.2, 0.25) is 0 Å². The van der Waals surface area contributed by atoms with Gasteiger partial charge in [0.25, 0.3) is 0 Å². The zero-order valence-electron chi connectivity index (χ0n) is 60.7. The van der Waals surface area contributed by atoms with Gasteiger partial charge in [0.2, 0.25) is 0 Å². The molecule has 0 aliphatic carbocycles. The minimum atomic E-state index is -0.104. The second-order valence-electron chi connectivity index (χ2n) is 30.5. The van der Waals surface area contributed by atoms with Crippen molar-refractivity contribution in [3.05, 3.63) is 264 Å². The number of para-hydroxylation sites is 4. The molecule has 0 unspecified atom stereocenters. The van der Waals surface area contributed by atoms with E-state index >= 15 is 0 Å². The van der Waals surface area contributed by atoms with Gasteiger partial charge in [-0.3, -0.25) is 19.1 Å². The molecule has 0 saturated carbocycles. The van der Waals surface area contributed by atoms with Gasteiger partial charge in [0.15, 0.2) is 0 Å². The van der Waals surface area contributed by atoms with Crippen LogP contribution in [0, 0.1) is 12.1 Å². The third-order valence-corrected chi connectivity index (χ3v) is 18.9. The molecule has 0 radical (unpaired) electrons. The van der Waals surface area contributed by atoms with Gasteiger partial charge in [-0.1, -0.05) is 255 Å². The first-order valence-electron chi connectivity index (χ1n) is 34.7. The van der Waals surface area contributed by atoms with E-state index < -0.39 is 0 Å². The molecule has 0 spiro atoms. The molecule has 0 fully saturated rings. The summed E-state index contributed by atoms with van der Waals surface area (Å²) in [5.41, 5.74) is 25.6. The molecule has 8 nitrogen and oxygen atoms in total. The normalized spacial score (nSPS) is 11.9. The van der Waals surface area contributed by atoms with E-state index in [9.17, 15) is 10.2 Å². The van der Waals surface area contributed by atoms with Crippen LogP contribution in [0.4, 0.5) is 0 Å². The molecule has 516 valence electrons. The second kappa shape index (κ2) is 29.8. The number of nitrogens with zero attached hydrogens (tertiary/aromatic N) is 6. The summed E-state index contributed by atoms with van der Waals surface area (Å²) < 4.78 is 4.60. The SMILES string of the molecule is CC(C)c1cc(-c2ccccc2)cc(C(C)C)c1-n1c(-c2ccccc2O)nc2c(-c3[c-]c(-c4ccccn4)cc(C(C)(C)C)c3)cccc21.CC(C)c1cccc(C(C)C)c1-n1c(-c2cc(C(C)(C)C)ccc2O)nc2c(-c3[c-]c(-c4ccccn4)cc(C(C)(C)C)c3)cccc21.[Pt].[Pt]. The Balaban J connectivity index is 0.000000212. The van der Waals surface area contributed by atoms with Crippen LogP contribution < -0.4 is 0 Å². The van der Waals surface area contributed by atoms with E-state index in [4.69, 9.17) is 9.97 Å². The van der Waals surface area contributed by atoms with E-state index in [1.54, 1.807) is 6.07 Å². The minimum absolute atomic E-state index is 0. The van der Waals surface area contributed by atoms with Crippen LogP contribution in [0.5, 0.6) is 11.5 Å². The van der Waals surface area contributed by atoms with Crippen molar-refractivity contribution in [2.75, 3.05) is 0 Å². The molecule has 100 heavy (non-hydrogen) atoms. The molecule has 13 rings (SSSR count). The minimum Gasteiger partial charge on any atom is -0.507 e. The quantitative estimate of drug-likeness (QED) is 0.112. The van der Waals surface area contributed by atoms with Gasteiger partial charge in [-0.2, -0.15) is 0 Å². The predicted molar refractivity (Wildman–Crippen MR) is 409 cm³/mol. The average Bonchev–Trinajstić information content (AvgIpc) is 1.56. The van der Waals surface area contributed by atoms with Crippen molar-refractivity contribution in [2.24, 2.45) is 0 Å². The van der Waals surface area contributed by atoms with Gasteiger partial charge in [-0.05, 0) is 140 Å². The van der Waals surface area contributed by atoms with Crippen LogP contribution in [0.1, 0.15) is 180 Å². The molecule has 0 saturated heterocycles. The Hall–Kier alpha value is -8.80. The van der Waals surface area contributed by atoms with Crippen molar-refractivity contribution < 1.29 is 52.3 Å². The molecular formula is C90H92N6O2Pt2-2. The van der Waals surface area contributed by atoms with Crippen LogP contribution in [0.15, 0.2) is 213 Å². The van der Waals surface area contributed by atoms with Crippen molar-refractivity contribution in [3.63, 3.8) is 0 Å². The van der Waals surface area contributed by atoms with Gasteiger partial charge in [0.1, 0.15) is 23.1 Å². The summed E-state index contributed by atoms with van der Waals surface area (Å²) in [6, 6.07) is 76.6. The molecule has 13 aromatic rings. The first-order chi connectivity index (χ1) is 46.7. The maximum absolute atomic E-state index is 11.5. The molecule has 0 aliphatic heterocycles. The van der Waals surface area contributed by atoms with E-state index in [0.29, 0.717) is 11.4 Å². The van der Waals surface area contributed by atoms with Crippen molar-refractivity contribution in [3.8, 4) is 102 Å². The zero-order valence-corrected chi connectivity index (χ0v) is 65.3. The maximum Gasteiger partial charge on any atom is 0.148 e. The largest absolute Gasteiger partial charge is 0.507 e. The molecule has 9 aromatic carbocycles. The van der Waals surface area contributed by atoms with E-state index in [1.807, 2.05) is 79.1 Å². The van der Waals surface area contributed by atoms with Crippen molar-refractivity contribution in [1.82, 2.24) is 29.1 Å². The molecule has 0 bridgehead atoms. The van der Waals surface area contributed by atoms with Gasteiger partial charge in [0, 0.05) is 65.9 Å². The number of rotatable bonds is 13. The van der Waals surface area contributed by atoms with Crippen LogP contribution >= 0.6 is 0 Å². The zero-order chi connectivity index (χ0) is 69.7. The van der Waals surface area contributed by atoms with Crippen LogP contribution in [0.3, 0.4) is 0 Å². The molecule has 0 atom stereocenters. The summed E-state index contributed by atoms with van der Waals surface area (Å²) in [6.07, 6.45) is 3.66. The fourth-order valence-corrected chi connectivity index (χ4v) is 13.3. The molecule has 0 aliphatic rings. The number of benzene rings is 9. The van der Waals surface area contributed by atoms with Crippen molar-refractivity contribution >= 4 is 22.1 Å². The van der Waals surface area contributed by atoms with Gasteiger partial charge in [0.05, 0.1) is 44.6 Å². The number of hydrogen-bond donors (Lipinski definition) is 2. The summed E-state index contributed by atoms with van der Waals surface area (Å²) in [6.45, 7) is 38.0. The Morgan fingerprint density at radius 3 is 1.16 bits per heavy atom. The van der Waals surface area contributed by atoms with Gasteiger partial charge in [-0.15, -0.1) is 58.7 Å². The fourth-order valence-electron chi connectivity index (χ4n) is 13.3. The molecule has 4 heterocycles. The van der Waals surface area contributed by atoms with E-state index in [-0.39, 0.29) is 93.5 Å². The molecule has 0 amide bonds. The Kier molecular flexibility index (Phi) is 22.0. The predicted octanol–water partition coefficient (Wildman–Crippen LogP) is 23.9. The number of phenols is 2. The molecular weight excluding hydrogens is 1590 g/mol. The fraction of sp³-hybridized carbons (Fsp3) is 0.267. The van der Waals surface area contributed by atoms with E-state index in [1.165, 1.54) is 44.5 Å². The Labute approximate surface area is 621 Å². The Bertz CT molecular complexity index is 5010. The molecule has 10 heteroatoms. The van der Waals surface area contributed by atoms with Gasteiger partial charge >= 0.3 is 0 Å². The topological polar surface area (TPSA) is 102 Å². The maximum atomic E-state index is 11.5. The first kappa shape index (κ1) is 73.9. The van der Waals surface area contributed by atoms with Gasteiger partial charge in [-0.25, -0.2) is 9.97 Å². The monoisotopic (exact) mass is 1680 g/mol. The van der Waals surface area contributed by atoms with E-state index in [2.05, 4.69) is 276 Å². The number of imidazole rings is 2. The van der Waals surface area contributed by atoms with Crippen molar-refractivity contribution in [2.45, 2.75) is 158 Å². The second-order valence-corrected chi connectivity index (χ2v) is 30.5.